The molecular weight excluding hydrogens is 340 g/mol. The smallest absolute Gasteiger partial charge is 0.311 e. The Kier molecular flexibility index (Phi) is 5.12. The van der Waals surface area contributed by atoms with Gasteiger partial charge in [0.25, 0.3) is 0 Å². The van der Waals surface area contributed by atoms with Crippen molar-refractivity contribution in [2.24, 2.45) is 17.3 Å². The predicted octanol–water partition coefficient (Wildman–Crippen LogP) is 4.60. The van der Waals surface area contributed by atoms with Crippen LogP contribution in [0.5, 0.6) is 11.6 Å². The first kappa shape index (κ1) is 18.4. The predicted molar refractivity (Wildman–Crippen MR) is 99.7 cm³/mol. The molecule has 1 aliphatic rings. The van der Waals surface area contributed by atoms with Crippen LogP contribution in [0.25, 0.3) is 0 Å². The fraction of sp³-hybridized carbons (Fsp3) is 0.273. The molecule has 0 N–H and O–H groups in total. The van der Waals surface area contributed by atoms with Crippen LogP contribution >= 0.6 is 0 Å². The molecule has 3 atom stereocenters. The summed E-state index contributed by atoms with van der Waals surface area (Å²) in [6.45, 7) is 7.52. The molecule has 0 radical (unpaired) electrons. The Morgan fingerprint density at radius 1 is 1.26 bits per heavy atom. The molecule has 0 amide bonds. The van der Waals surface area contributed by atoms with Gasteiger partial charge in [0.15, 0.2) is 0 Å². The van der Waals surface area contributed by atoms with Gasteiger partial charge in [-0.05, 0) is 29.7 Å². The van der Waals surface area contributed by atoms with Gasteiger partial charge in [-0.1, -0.05) is 44.7 Å². The minimum absolute atomic E-state index is 0.0163. The highest BCUT2D eigenvalue weighted by Gasteiger charge is 2.61. The molecule has 2 aromatic rings. The van der Waals surface area contributed by atoms with Crippen molar-refractivity contribution < 1.29 is 14.3 Å². The Morgan fingerprint density at radius 3 is 2.67 bits per heavy atom. The summed E-state index contributed by atoms with van der Waals surface area (Å²) in [6.07, 6.45) is 0.682. The zero-order valence-corrected chi connectivity index (χ0v) is 15.3. The second-order valence-electron chi connectivity index (χ2n) is 6.96. The highest BCUT2D eigenvalue weighted by molar-refractivity contribution is 5.78. The lowest BCUT2D eigenvalue weighted by Crippen LogP contribution is -2.15. The van der Waals surface area contributed by atoms with Crippen LogP contribution in [-0.2, 0) is 9.53 Å². The molecule has 1 saturated carbocycles. The molecule has 5 nitrogen and oxygen atoms in total. The van der Waals surface area contributed by atoms with E-state index in [1.165, 1.54) is 0 Å². The Bertz CT molecular complexity index is 924. The molecule has 0 spiro atoms. The molecule has 0 aliphatic heterocycles. The second-order valence-corrected chi connectivity index (χ2v) is 6.96. The Hall–Kier alpha value is -3.35. The van der Waals surface area contributed by atoms with Crippen molar-refractivity contribution in [1.82, 2.24) is 4.98 Å². The summed E-state index contributed by atoms with van der Waals surface area (Å²) in [7, 11) is 0. The minimum atomic E-state index is -1.10. The lowest BCUT2D eigenvalue weighted by Gasteiger charge is -2.12. The fourth-order valence-electron chi connectivity index (χ4n) is 3.15. The standard InChI is InChI=1S/C22H20N2O3/c1-4-9-16-20(22(16,2)3)21(25)27-18(14-23)17-12-8-13-19(24-17)26-15-10-6-5-7-11-15/h5-13,16,18,20H,1H2,2-3H3/t16-,18?,20-/m0/s1. The number of pyridine rings is 1. The van der Waals surface area contributed by atoms with Crippen LogP contribution in [-0.4, -0.2) is 11.0 Å². The highest BCUT2D eigenvalue weighted by atomic mass is 16.5. The van der Waals surface area contributed by atoms with Crippen molar-refractivity contribution in [3.63, 3.8) is 0 Å². The van der Waals surface area contributed by atoms with Crippen molar-refractivity contribution in [3.05, 3.63) is 72.6 Å². The van der Waals surface area contributed by atoms with E-state index in [0.717, 1.165) is 0 Å². The van der Waals surface area contributed by atoms with Gasteiger partial charge in [0.2, 0.25) is 12.0 Å². The number of rotatable bonds is 6. The van der Waals surface area contributed by atoms with E-state index in [9.17, 15) is 10.1 Å². The quantitative estimate of drug-likeness (QED) is 0.556. The molecule has 136 valence electrons. The van der Waals surface area contributed by atoms with Crippen molar-refractivity contribution in [1.29, 1.82) is 5.26 Å². The molecule has 1 aromatic heterocycles. The van der Waals surface area contributed by atoms with E-state index in [2.05, 4.69) is 17.3 Å². The molecule has 1 heterocycles. The van der Waals surface area contributed by atoms with Crippen molar-refractivity contribution >= 4 is 5.97 Å². The van der Waals surface area contributed by atoms with Crippen LogP contribution in [0.1, 0.15) is 25.6 Å². The third-order valence-electron chi connectivity index (χ3n) is 4.79. The van der Waals surface area contributed by atoms with E-state index in [1.54, 1.807) is 36.4 Å². The number of nitriles is 1. The summed E-state index contributed by atoms with van der Waals surface area (Å²) in [4.78, 5) is 16.8. The lowest BCUT2D eigenvalue weighted by atomic mass is 10.1. The molecule has 1 fully saturated rings. The van der Waals surface area contributed by atoms with Crippen LogP contribution < -0.4 is 4.74 Å². The molecular formula is C22H20N2O3. The third kappa shape index (κ3) is 3.92. The van der Waals surface area contributed by atoms with Gasteiger partial charge in [-0.3, -0.25) is 4.79 Å². The number of para-hydroxylation sites is 1. The fourth-order valence-corrected chi connectivity index (χ4v) is 3.15. The number of ether oxygens (including phenoxy) is 2. The van der Waals surface area contributed by atoms with Gasteiger partial charge in [0.1, 0.15) is 11.8 Å². The van der Waals surface area contributed by atoms with Crippen LogP contribution in [0.3, 0.4) is 0 Å². The third-order valence-corrected chi connectivity index (χ3v) is 4.79. The summed E-state index contributed by atoms with van der Waals surface area (Å²) in [5, 5.41) is 9.47. The van der Waals surface area contributed by atoms with Crippen LogP contribution in [0, 0.1) is 28.6 Å². The molecule has 1 aromatic carbocycles. The molecule has 0 saturated heterocycles. The van der Waals surface area contributed by atoms with Crippen molar-refractivity contribution in [2.45, 2.75) is 20.0 Å². The largest absolute Gasteiger partial charge is 0.440 e. The SMILES string of the molecule is C=C=C[C@H]1[C@@H](C(=O)OC(C#N)c2cccc(Oc3ccccc3)n2)C1(C)C. The Balaban J connectivity index is 1.73. The van der Waals surface area contributed by atoms with E-state index in [-0.39, 0.29) is 17.3 Å². The number of hydrogen-bond acceptors (Lipinski definition) is 5. The molecule has 0 bridgehead atoms. The topological polar surface area (TPSA) is 72.2 Å². The summed E-state index contributed by atoms with van der Waals surface area (Å²) in [5.41, 5.74) is 2.82. The van der Waals surface area contributed by atoms with E-state index in [1.807, 2.05) is 38.1 Å². The molecule has 3 rings (SSSR count). The van der Waals surface area contributed by atoms with Crippen molar-refractivity contribution in [3.8, 4) is 17.7 Å². The molecule has 1 aliphatic carbocycles. The number of benzene rings is 1. The maximum atomic E-state index is 12.5. The normalized spacial score (nSPS) is 20.5. The first-order valence-corrected chi connectivity index (χ1v) is 8.63. The number of aromatic nitrogens is 1. The molecule has 1 unspecified atom stereocenters. The number of allylic oxidation sites excluding steroid dienone is 1. The average Bonchev–Trinajstić information content (AvgIpc) is 3.21. The molecule has 5 heteroatoms. The maximum Gasteiger partial charge on any atom is 0.311 e. The zero-order valence-electron chi connectivity index (χ0n) is 15.3. The van der Waals surface area contributed by atoms with E-state index in [0.29, 0.717) is 17.3 Å². The number of nitrogens with zero attached hydrogens (tertiary/aromatic N) is 2. The van der Waals surface area contributed by atoms with Crippen LogP contribution in [0.15, 0.2) is 66.9 Å². The zero-order chi connectivity index (χ0) is 19.4. The number of carbonyl (C=O) groups is 1. The lowest BCUT2D eigenvalue weighted by molar-refractivity contribution is -0.149. The minimum Gasteiger partial charge on any atom is -0.440 e. The van der Waals surface area contributed by atoms with Gasteiger partial charge < -0.3 is 9.47 Å². The van der Waals surface area contributed by atoms with E-state index in [4.69, 9.17) is 9.47 Å². The average molecular weight is 360 g/mol. The summed E-state index contributed by atoms with van der Waals surface area (Å²) in [6, 6.07) is 16.2. The molecule has 27 heavy (non-hydrogen) atoms. The van der Waals surface area contributed by atoms with Gasteiger partial charge >= 0.3 is 5.97 Å². The van der Waals surface area contributed by atoms with E-state index < -0.39 is 12.1 Å². The second kappa shape index (κ2) is 7.49. The van der Waals surface area contributed by atoms with Gasteiger partial charge in [-0.2, -0.15) is 5.26 Å². The van der Waals surface area contributed by atoms with Crippen molar-refractivity contribution in [2.75, 3.05) is 0 Å². The van der Waals surface area contributed by atoms with Gasteiger partial charge in [0.05, 0.1) is 11.6 Å². The number of hydrogen-bond donors (Lipinski definition) is 0. The number of esters is 1. The monoisotopic (exact) mass is 360 g/mol. The Labute approximate surface area is 158 Å². The summed E-state index contributed by atoms with van der Waals surface area (Å²) >= 11 is 0. The van der Waals surface area contributed by atoms with Crippen LogP contribution in [0.4, 0.5) is 0 Å². The number of carbonyl (C=O) groups excluding carboxylic acids is 1. The summed E-state index contributed by atoms with van der Waals surface area (Å²) < 4.78 is 11.1. The van der Waals surface area contributed by atoms with Gasteiger partial charge in [-0.25, -0.2) is 4.98 Å². The summed E-state index contributed by atoms with van der Waals surface area (Å²) in [5.74, 6) is 0.244. The van der Waals surface area contributed by atoms with Gasteiger partial charge in [0, 0.05) is 12.0 Å². The first-order chi connectivity index (χ1) is 13.0. The maximum absolute atomic E-state index is 12.5. The van der Waals surface area contributed by atoms with Crippen LogP contribution in [0.2, 0.25) is 0 Å². The van der Waals surface area contributed by atoms with Gasteiger partial charge in [-0.15, -0.1) is 5.73 Å². The highest BCUT2D eigenvalue weighted by Crippen LogP contribution is 2.59. The Morgan fingerprint density at radius 2 is 2.00 bits per heavy atom. The van der Waals surface area contributed by atoms with E-state index >= 15 is 0 Å². The first-order valence-electron chi connectivity index (χ1n) is 8.63.